The normalized spacial score (nSPS) is 11.1. The molecule has 4 rings (SSSR count). The summed E-state index contributed by atoms with van der Waals surface area (Å²) in [6.45, 7) is 2.01. The van der Waals surface area contributed by atoms with Crippen LogP contribution in [-0.2, 0) is 4.79 Å². The highest BCUT2D eigenvalue weighted by molar-refractivity contribution is 7.99. The van der Waals surface area contributed by atoms with Crippen LogP contribution in [0.25, 0.3) is 17.1 Å². The zero-order chi connectivity index (χ0) is 23.2. The van der Waals surface area contributed by atoms with Crippen molar-refractivity contribution in [1.29, 1.82) is 0 Å². The molecule has 166 valence electrons. The molecule has 0 aliphatic carbocycles. The predicted molar refractivity (Wildman–Crippen MR) is 134 cm³/mol. The highest BCUT2D eigenvalue weighted by Gasteiger charge is 2.17. The van der Waals surface area contributed by atoms with Crippen LogP contribution >= 0.6 is 35.0 Å². The summed E-state index contributed by atoms with van der Waals surface area (Å²) < 4.78 is 1.88. The lowest BCUT2D eigenvalue weighted by Gasteiger charge is -2.10. The minimum absolute atomic E-state index is 0.123. The molecule has 6 nitrogen and oxygen atoms in total. The summed E-state index contributed by atoms with van der Waals surface area (Å²) in [5.74, 6) is 0.508. The Morgan fingerprint density at radius 2 is 1.61 bits per heavy atom. The first-order chi connectivity index (χ1) is 16.0. The summed E-state index contributed by atoms with van der Waals surface area (Å²) in [7, 11) is 0. The van der Waals surface area contributed by atoms with Gasteiger partial charge in [0.1, 0.15) is 0 Å². The van der Waals surface area contributed by atoms with E-state index in [0.29, 0.717) is 21.0 Å². The fraction of sp³-hybridized carbons (Fsp3) is 0.0833. The molecule has 0 spiro atoms. The van der Waals surface area contributed by atoms with Crippen LogP contribution in [0.4, 0.5) is 0 Å². The maximum absolute atomic E-state index is 12.3. The Morgan fingerprint density at radius 3 is 2.27 bits per heavy atom. The summed E-state index contributed by atoms with van der Waals surface area (Å²) in [5.41, 5.74) is 6.29. The van der Waals surface area contributed by atoms with Crippen molar-refractivity contribution in [1.82, 2.24) is 20.2 Å². The van der Waals surface area contributed by atoms with Gasteiger partial charge in [-0.15, -0.1) is 10.2 Å². The largest absolute Gasteiger partial charge is 0.272 e. The second kappa shape index (κ2) is 10.7. The lowest BCUT2D eigenvalue weighted by Crippen LogP contribution is -2.20. The van der Waals surface area contributed by atoms with E-state index >= 15 is 0 Å². The molecule has 1 N–H and O–H groups in total. The van der Waals surface area contributed by atoms with Crippen LogP contribution in [0.1, 0.15) is 11.1 Å². The minimum atomic E-state index is -0.248. The molecule has 0 aliphatic heterocycles. The molecule has 1 heterocycles. The first kappa shape index (κ1) is 23.0. The predicted octanol–water partition coefficient (Wildman–Crippen LogP) is 5.79. The Morgan fingerprint density at radius 1 is 0.970 bits per heavy atom. The minimum Gasteiger partial charge on any atom is -0.272 e. The first-order valence-corrected chi connectivity index (χ1v) is 11.7. The summed E-state index contributed by atoms with van der Waals surface area (Å²) in [6.07, 6.45) is 1.61. The van der Waals surface area contributed by atoms with E-state index < -0.39 is 0 Å². The number of halogens is 2. The van der Waals surface area contributed by atoms with Crippen molar-refractivity contribution in [3.05, 3.63) is 94.0 Å². The fourth-order valence-electron chi connectivity index (χ4n) is 2.97. The fourth-order valence-corrected chi connectivity index (χ4v) is 3.96. The Kier molecular flexibility index (Phi) is 7.44. The molecule has 0 saturated heterocycles. The van der Waals surface area contributed by atoms with Crippen molar-refractivity contribution in [3.63, 3.8) is 0 Å². The van der Waals surface area contributed by atoms with E-state index in [9.17, 15) is 4.79 Å². The third-order valence-electron chi connectivity index (χ3n) is 4.63. The highest BCUT2D eigenvalue weighted by atomic mass is 35.5. The van der Waals surface area contributed by atoms with E-state index in [-0.39, 0.29) is 11.7 Å². The molecule has 3 aromatic carbocycles. The molecule has 9 heteroatoms. The zero-order valence-corrected chi connectivity index (χ0v) is 19.9. The van der Waals surface area contributed by atoms with Gasteiger partial charge in [0.05, 0.1) is 12.0 Å². The van der Waals surface area contributed by atoms with Crippen molar-refractivity contribution in [3.8, 4) is 17.1 Å². The van der Waals surface area contributed by atoms with Crippen LogP contribution in [0.15, 0.2) is 83.1 Å². The number of rotatable bonds is 7. The molecule has 0 fully saturated rings. The van der Waals surface area contributed by atoms with Gasteiger partial charge >= 0.3 is 0 Å². The molecule has 0 atom stereocenters. The van der Waals surface area contributed by atoms with Gasteiger partial charge in [-0.25, -0.2) is 5.43 Å². The lowest BCUT2D eigenvalue weighted by molar-refractivity contribution is -0.118. The van der Waals surface area contributed by atoms with Gasteiger partial charge < -0.3 is 0 Å². The number of carbonyl (C=O) groups excluding carboxylic acids is 1. The van der Waals surface area contributed by atoms with Gasteiger partial charge in [0.2, 0.25) is 0 Å². The van der Waals surface area contributed by atoms with Crippen LogP contribution < -0.4 is 5.43 Å². The van der Waals surface area contributed by atoms with Gasteiger partial charge in [0, 0.05) is 21.3 Å². The standard InChI is InChI=1S/C24H19Cl2N5OS/c1-16-2-4-17(5-3-16)14-27-28-22(32)15-33-24-30-29-23(18-6-8-19(25)9-7-18)31(24)21-12-10-20(26)11-13-21/h2-14H,15H2,1H3,(H,28,32). The van der Waals surface area contributed by atoms with Crippen LogP contribution in [0, 0.1) is 6.92 Å². The van der Waals surface area contributed by atoms with Gasteiger partial charge in [0.15, 0.2) is 11.0 Å². The van der Waals surface area contributed by atoms with Gasteiger partial charge in [-0.3, -0.25) is 9.36 Å². The average Bonchev–Trinajstić information content (AvgIpc) is 3.24. The molecular formula is C24H19Cl2N5OS. The molecule has 0 radical (unpaired) electrons. The number of nitrogens with one attached hydrogen (secondary N) is 1. The number of amides is 1. The van der Waals surface area contributed by atoms with Gasteiger partial charge in [-0.05, 0) is 61.0 Å². The number of hydrazone groups is 1. The Labute approximate surface area is 205 Å². The maximum atomic E-state index is 12.3. The monoisotopic (exact) mass is 495 g/mol. The number of thioether (sulfide) groups is 1. The summed E-state index contributed by atoms with van der Waals surface area (Å²) in [5, 5.41) is 14.5. The number of carbonyl (C=O) groups is 1. The molecule has 0 unspecified atom stereocenters. The molecule has 1 amide bonds. The first-order valence-electron chi connectivity index (χ1n) is 9.98. The van der Waals surface area contributed by atoms with Crippen molar-refractivity contribution < 1.29 is 4.79 Å². The number of benzene rings is 3. The van der Waals surface area contributed by atoms with Crippen molar-refractivity contribution >= 4 is 47.1 Å². The van der Waals surface area contributed by atoms with Crippen molar-refractivity contribution in [2.45, 2.75) is 12.1 Å². The molecular weight excluding hydrogens is 477 g/mol. The van der Waals surface area contributed by atoms with E-state index in [2.05, 4.69) is 20.7 Å². The SMILES string of the molecule is Cc1ccc(C=NNC(=O)CSc2nnc(-c3ccc(Cl)cc3)n2-c2ccc(Cl)cc2)cc1. The Bertz CT molecular complexity index is 1270. The maximum Gasteiger partial charge on any atom is 0.250 e. The number of nitrogens with zero attached hydrogens (tertiary/aromatic N) is 4. The van der Waals surface area contributed by atoms with Crippen molar-refractivity contribution in [2.75, 3.05) is 5.75 Å². The molecule has 33 heavy (non-hydrogen) atoms. The number of aryl methyl sites for hydroxylation is 1. The number of hydrogen-bond acceptors (Lipinski definition) is 5. The quantitative estimate of drug-likeness (QED) is 0.200. The third kappa shape index (κ3) is 6.01. The van der Waals surface area contributed by atoms with Crippen LogP contribution in [0.2, 0.25) is 10.0 Å². The molecule has 0 aliphatic rings. The third-order valence-corrected chi connectivity index (χ3v) is 6.07. The Hall–Kier alpha value is -3.13. The summed E-state index contributed by atoms with van der Waals surface area (Å²) in [4.78, 5) is 12.3. The van der Waals surface area contributed by atoms with Crippen LogP contribution in [0.3, 0.4) is 0 Å². The van der Waals surface area contributed by atoms with Crippen molar-refractivity contribution in [2.24, 2.45) is 5.10 Å². The zero-order valence-electron chi connectivity index (χ0n) is 17.6. The highest BCUT2D eigenvalue weighted by Crippen LogP contribution is 2.29. The topological polar surface area (TPSA) is 72.2 Å². The smallest absolute Gasteiger partial charge is 0.250 e. The van der Waals surface area contributed by atoms with E-state index in [1.165, 1.54) is 11.8 Å². The molecule has 0 bridgehead atoms. The molecule has 4 aromatic rings. The van der Waals surface area contributed by atoms with Gasteiger partial charge in [0.25, 0.3) is 5.91 Å². The van der Waals surface area contributed by atoms with E-state index in [1.807, 2.05) is 60.0 Å². The lowest BCUT2D eigenvalue weighted by atomic mass is 10.2. The Balaban J connectivity index is 1.51. The second-order valence-corrected chi connectivity index (χ2v) is 8.93. The van der Waals surface area contributed by atoms with Crippen LogP contribution in [0.5, 0.6) is 0 Å². The van der Waals surface area contributed by atoms with Crippen LogP contribution in [-0.4, -0.2) is 32.6 Å². The number of hydrogen-bond donors (Lipinski definition) is 1. The van der Waals surface area contributed by atoms with Gasteiger partial charge in [-0.2, -0.15) is 5.10 Å². The van der Waals surface area contributed by atoms with E-state index in [0.717, 1.165) is 22.4 Å². The van der Waals surface area contributed by atoms with E-state index in [4.69, 9.17) is 23.2 Å². The van der Waals surface area contributed by atoms with Gasteiger partial charge in [-0.1, -0.05) is 64.8 Å². The summed E-state index contributed by atoms with van der Waals surface area (Å²) >= 11 is 13.4. The molecule has 0 saturated carbocycles. The second-order valence-electron chi connectivity index (χ2n) is 7.12. The number of aromatic nitrogens is 3. The summed E-state index contributed by atoms with van der Waals surface area (Å²) in [6, 6.07) is 22.5. The van der Waals surface area contributed by atoms with E-state index in [1.54, 1.807) is 30.5 Å². The molecule has 1 aromatic heterocycles. The average molecular weight is 496 g/mol.